The maximum atomic E-state index is 13.1. The van der Waals surface area contributed by atoms with Crippen molar-refractivity contribution in [2.75, 3.05) is 0 Å². The van der Waals surface area contributed by atoms with Crippen molar-refractivity contribution in [3.63, 3.8) is 0 Å². The fourth-order valence-electron chi connectivity index (χ4n) is 1.75. The van der Waals surface area contributed by atoms with Gasteiger partial charge in [-0.05, 0) is 42.8 Å². The molecule has 0 aliphatic carbocycles. The van der Waals surface area contributed by atoms with Crippen molar-refractivity contribution in [3.8, 4) is 0 Å². The minimum Gasteiger partial charge on any atom is -0.346 e. The minimum absolute atomic E-state index is 0.0906. The lowest BCUT2D eigenvalue weighted by Gasteiger charge is -2.14. The summed E-state index contributed by atoms with van der Waals surface area (Å²) in [4.78, 5) is 11.9. The van der Waals surface area contributed by atoms with Crippen LogP contribution in [0, 0.1) is 11.6 Å². The number of rotatable bonds is 3. The van der Waals surface area contributed by atoms with Gasteiger partial charge in [-0.15, -0.1) is 0 Å². The van der Waals surface area contributed by atoms with Gasteiger partial charge in [0.25, 0.3) is 5.91 Å². The zero-order valence-corrected chi connectivity index (χ0v) is 12.2. The quantitative estimate of drug-likeness (QED) is 0.891. The summed E-state index contributed by atoms with van der Waals surface area (Å²) < 4.78 is 26.8. The summed E-state index contributed by atoms with van der Waals surface area (Å²) in [7, 11) is 0. The van der Waals surface area contributed by atoms with Gasteiger partial charge in [0.05, 0.1) is 6.04 Å². The molecule has 0 aliphatic rings. The molecule has 2 rings (SSSR count). The number of hydrogen-bond donors (Lipinski definition) is 1. The highest BCUT2D eigenvalue weighted by atomic mass is 79.9. The van der Waals surface area contributed by atoms with E-state index >= 15 is 0 Å². The van der Waals surface area contributed by atoms with Crippen LogP contribution in [0.1, 0.15) is 28.9 Å². The first-order valence-electron chi connectivity index (χ1n) is 5.99. The summed E-state index contributed by atoms with van der Waals surface area (Å²) in [6.07, 6.45) is 0. The second kappa shape index (κ2) is 6.13. The van der Waals surface area contributed by atoms with Crippen molar-refractivity contribution < 1.29 is 13.6 Å². The Balaban J connectivity index is 2.10. The van der Waals surface area contributed by atoms with E-state index in [4.69, 9.17) is 0 Å². The summed E-state index contributed by atoms with van der Waals surface area (Å²) in [5.74, 6) is -2.45. The van der Waals surface area contributed by atoms with Gasteiger partial charge in [0, 0.05) is 10.0 Å². The molecule has 1 N–H and O–H groups in total. The maximum Gasteiger partial charge on any atom is 0.251 e. The first-order valence-corrected chi connectivity index (χ1v) is 6.78. The highest BCUT2D eigenvalue weighted by molar-refractivity contribution is 9.10. The smallest absolute Gasteiger partial charge is 0.251 e. The first-order chi connectivity index (χ1) is 9.47. The third kappa shape index (κ3) is 3.42. The number of nitrogens with one attached hydrogen (secondary N) is 1. The molecule has 0 spiro atoms. The molecule has 20 heavy (non-hydrogen) atoms. The van der Waals surface area contributed by atoms with Crippen molar-refractivity contribution in [1.29, 1.82) is 0 Å². The summed E-state index contributed by atoms with van der Waals surface area (Å²) in [5.41, 5.74) is 1.01. The van der Waals surface area contributed by atoms with E-state index in [1.165, 1.54) is 6.07 Å². The van der Waals surface area contributed by atoms with E-state index in [-0.39, 0.29) is 11.6 Å². The van der Waals surface area contributed by atoms with E-state index in [0.717, 1.165) is 22.2 Å². The second-order valence-corrected chi connectivity index (χ2v) is 5.29. The molecular weight excluding hydrogens is 328 g/mol. The lowest BCUT2D eigenvalue weighted by atomic mass is 10.1. The Morgan fingerprint density at radius 1 is 1.10 bits per heavy atom. The van der Waals surface area contributed by atoms with Crippen LogP contribution in [-0.4, -0.2) is 5.91 Å². The molecule has 0 aromatic heterocycles. The van der Waals surface area contributed by atoms with Gasteiger partial charge in [-0.3, -0.25) is 4.79 Å². The maximum absolute atomic E-state index is 13.1. The molecule has 0 fully saturated rings. The minimum atomic E-state index is -1.03. The largest absolute Gasteiger partial charge is 0.346 e. The van der Waals surface area contributed by atoms with Crippen LogP contribution < -0.4 is 5.32 Å². The zero-order valence-electron chi connectivity index (χ0n) is 10.7. The van der Waals surface area contributed by atoms with E-state index in [9.17, 15) is 13.6 Å². The van der Waals surface area contributed by atoms with Crippen molar-refractivity contribution in [2.45, 2.75) is 13.0 Å². The summed E-state index contributed by atoms with van der Waals surface area (Å²) in [5, 5.41) is 2.74. The average Bonchev–Trinajstić information content (AvgIpc) is 2.42. The van der Waals surface area contributed by atoms with E-state index in [1.54, 1.807) is 0 Å². The Kier molecular flexibility index (Phi) is 4.49. The number of carbonyl (C=O) groups excluding carboxylic acids is 1. The molecule has 1 unspecified atom stereocenters. The van der Waals surface area contributed by atoms with Crippen LogP contribution >= 0.6 is 15.9 Å². The molecule has 5 heteroatoms. The summed E-state index contributed by atoms with van der Waals surface area (Å²) >= 11 is 3.33. The van der Waals surface area contributed by atoms with Gasteiger partial charge in [0.2, 0.25) is 0 Å². The van der Waals surface area contributed by atoms with E-state index < -0.39 is 17.5 Å². The van der Waals surface area contributed by atoms with Crippen LogP contribution in [0.25, 0.3) is 0 Å². The molecule has 0 radical (unpaired) electrons. The number of amides is 1. The van der Waals surface area contributed by atoms with Gasteiger partial charge in [-0.2, -0.15) is 0 Å². The predicted octanol–water partition coefficient (Wildman–Crippen LogP) is 4.22. The van der Waals surface area contributed by atoms with Gasteiger partial charge in [0.1, 0.15) is 0 Å². The topological polar surface area (TPSA) is 29.1 Å². The standard InChI is InChI=1S/C15H12BrF2NO/c1-9(10-2-5-12(16)6-3-10)19-15(20)11-4-7-13(17)14(18)8-11/h2-9H,1H3,(H,19,20). The molecule has 0 saturated carbocycles. The van der Waals surface area contributed by atoms with Crippen molar-refractivity contribution >= 4 is 21.8 Å². The van der Waals surface area contributed by atoms with Crippen LogP contribution in [0.15, 0.2) is 46.9 Å². The molecule has 2 aromatic carbocycles. The van der Waals surface area contributed by atoms with Crippen LogP contribution in [0.4, 0.5) is 8.78 Å². The van der Waals surface area contributed by atoms with Crippen molar-refractivity contribution in [2.24, 2.45) is 0 Å². The Morgan fingerprint density at radius 3 is 2.35 bits per heavy atom. The first kappa shape index (κ1) is 14.7. The van der Waals surface area contributed by atoms with E-state index in [0.29, 0.717) is 0 Å². The Morgan fingerprint density at radius 2 is 1.75 bits per heavy atom. The highest BCUT2D eigenvalue weighted by Crippen LogP contribution is 2.17. The van der Waals surface area contributed by atoms with Crippen molar-refractivity contribution in [3.05, 3.63) is 69.7 Å². The molecule has 2 aromatic rings. The van der Waals surface area contributed by atoms with Gasteiger partial charge in [0.15, 0.2) is 11.6 Å². The molecule has 1 atom stereocenters. The second-order valence-electron chi connectivity index (χ2n) is 4.38. The Hall–Kier alpha value is -1.75. The van der Waals surface area contributed by atoms with Gasteiger partial charge in [-0.25, -0.2) is 8.78 Å². The highest BCUT2D eigenvalue weighted by Gasteiger charge is 2.13. The monoisotopic (exact) mass is 339 g/mol. The lowest BCUT2D eigenvalue weighted by Crippen LogP contribution is -2.26. The fourth-order valence-corrected chi connectivity index (χ4v) is 2.02. The molecule has 2 nitrogen and oxygen atoms in total. The SMILES string of the molecule is CC(NC(=O)c1ccc(F)c(F)c1)c1ccc(Br)cc1. The summed E-state index contributed by atoms with van der Waals surface area (Å²) in [6, 6.07) is 10.3. The fraction of sp³-hybridized carbons (Fsp3) is 0.133. The summed E-state index contributed by atoms with van der Waals surface area (Å²) in [6.45, 7) is 1.82. The predicted molar refractivity (Wildman–Crippen MR) is 76.4 cm³/mol. The third-order valence-electron chi connectivity index (χ3n) is 2.90. The molecule has 0 saturated heterocycles. The number of hydrogen-bond acceptors (Lipinski definition) is 1. The molecular formula is C15H12BrF2NO. The lowest BCUT2D eigenvalue weighted by molar-refractivity contribution is 0.0939. The number of benzene rings is 2. The van der Waals surface area contributed by atoms with Crippen molar-refractivity contribution in [1.82, 2.24) is 5.32 Å². The average molecular weight is 340 g/mol. The Bertz CT molecular complexity index is 628. The zero-order chi connectivity index (χ0) is 14.7. The van der Waals surface area contributed by atoms with E-state index in [1.807, 2.05) is 31.2 Å². The van der Waals surface area contributed by atoms with Gasteiger partial charge in [-0.1, -0.05) is 28.1 Å². The molecule has 1 amide bonds. The normalized spacial score (nSPS) is 12.0. The van der Waals surface area contributed by atoms with Crippen LogP contribution in [-0.2, 0) is 0 Å². The molecule has 104 valence electrons. The molecule has 0 aliphatic heterocycles. The van der Waals surface area contributed by atoms with E-state index in [2.05, 4.69) is 21.2 Å². The van der Waals surface area contributed by atoms with Crippen LogP contribution in [0.2, 0.25) is 0 Å². The van der Waals surface area contributed by atoms with Crippen LogP contribution in [0.5, 0.6) is 0 Å². The van der Waals surface area contributed by atoms with Crippen LogP contribution in [0.3, 0.4) is 0 Å². The van der Waals surface area contributed by atoms with Gasteiger partial charge < -0.3 is 5.32 Å². The third-order valence-corrected chi connectivity index (χ3v) is 3.43. The Labute approximate surface area is 123 Å². The number of halogens is 3. The molecule has 0 heterocycles. The number of carbonyl (C=O) groups is 1. The molecule has 0 bridgehead atoms. The van der Waals surface area contributed by atoms with Gasteiger partial charge >= 0.3 is 0 Å².